The molecular weight excluding hydrogens is 300 g/mol. The summed E-state index contributed by atoms with van der Waals surface area (Å²) in [5.74, 6) is -1.51. The first-order valence-electron chi connectivity index (χ1n) is 5.25. The Hall–Kier alpha value is -1.78. The highest BCUT2D eigenvalue weighted by atomic mass is 79.9. The molecule has 0 saturated heterocycles. The average molecular weight is 311 g/mol. The second-order valence-corrected chi connectivity index (χ2v) is 4.31. The molecule has 0 aliphatic carbocycles. The monoisotopic (exact) mass is 310 g/mol. The number of carbonyl (C=O) groups excluding carboxylic acids is 2. The number of Topliss-reactive ketones (excluding diaryl/α,β-unsaturated/α-hetero) is 1. The van der Waals surface area contributed by atoms with E-state index >= 15 is 0 Å². The minimum Gasteiger partial charge on any atom is -0.457 e. The highest BCUT2D eigenvalue weighted by Crippen LogP contribution is 2.12. The lowest BCUT2D eigenvalue weighted by Crippen LogP contribution is -2.28. The molecule has 94 valence electrons. The molecule has 5 nitrogen and oxygen atoms in total. The van der Waals surface area contributed by atoms with E-state index in [1.54, 1.807) is 25.1 Å². The van der Waals surface area contributed by atoms with Gasteiger partial charge in [-0.25, -0.2) is 4.79 Å². The number of ether oxygens (including phenoxy) is 1. The number of halogens is 1. The predicted octanol–water partition coefficient (Wildman–Crippen LogP) is 1.79. The molecule has 0 aromatic heterocycles. The van der Waals surface area contributed by atoms with E-state index in [4.69, 9.17) is 5.53 Å². The Morgan fingerprint density at radius 1 is 1.44 bits per heavy atom. The van der Waals surface area contributed by atoms with Crippen LogP contribution in [0.4, 0.5) is 0 Å². The Balaban J connectivity index is 2.81. The number of esters is 1. The van der Waals surface area contributed by atoms with Crippen LogP contribution in [-0.2, 0) is 20.7 Å². The second kappa shape index (κ2) is 6.83. The Morgan fingerprint density at radius 3 is 2.72 bits per heavy atom. The van der Waals surface area contributed by atoms with Crippen molar-refractivity contribution < 1.29 is 19.1 Å². The van der Waals surface area contributed by atoms with Gasteiger partial charge in [0.1, 0.15) is 0 Å². The van der Waals surface area contributed by atoms with E-state index in [0.717, 1.165) is 4.47 Å². The summed E-state index contributed by atoms with van der Waals surface area (Å²) in [5, 5.41) is 0. The van der Waals surface area contributed by atoms with Crippen molar-refractivity contribution in [3.63, 3.8) is 0 Å². The summed E-state index contributed by atoms with van der Waals surface area (Å²) >= 11 is 3.28. The molecule has 0 atom stereocenters. The molecule has 0 aliphatic rings. The maximum Gasteiger partial charge on any atom is 0.441 e. The van der Waals surface area contributed by atoms with Gasteiger partial charge in [-0.3, -0.25) is 4.79 Å². The molecule has 0 heterocycles. The van der Waals surface area contributed by atoms with Crippen molar-refractivity contribution in [2.45, 2.75) is 13.3 Å². The third kappa shape index (κ3) is 3.91. The van der Waals surface area contributed by atoms with Gasteiger partial charge in [0.25, 0.3) is 5.78 Å². The largest absolute Gasteiger partial charge is 0.457 e. The zero-order valence-corrected chi connectivity index (χ0v) is 11.3. The third-order valence-corrected chi connectivity index (χ3v) is 2.58. The maximum absolute atomic E-state index is 11.8. The molecule has 0 unspecified atom stereocenters. The van der Waals surface area contributed by atoms with E-state index < -0.39 is 17.5 Å². The van der Waals surface area contributed by atoms with Crippen LogP contribution in [0.15, 0.2) is 28.7 Å². The smallest absolute Gasteiger partial charge is 0.441 e. The Bertz CT molecular complexity index is 522. The first-order chi connectivity index (χ1) is 8.58. The van der Waals surface area contributed by atoms with Crippen LogP contribution in [0.2, 0.25) is 0 Å². The number of benzene rings is 1. The SMILES string of the molecule is CCOC(=O)C(=[N+]=[N-])C(=O)Cc1cccc(Br)c1. The molecule has 18 heavy (non-hydrogen) atoms. The number of hydrogen-bond donors (Lipinski definition) is 0. The van der Waals surface area contributed by atoms with E-state index in [1.807, 2.05) is 6.07 Å². The highest BCUT2D eigenvalue weighted by Gasteiger charge is 2.30. The van der Waals surface area contributed by atoms with Gasteiger partial charge in [-0.2, -0.15) is 4.79 Å². The van der Waals surface area contributed by atoms with Gasteiger partial charge in [0, 0.05) is 10.9 Å². The topological polar surface area (TPSA) is 79.8 Å². The van der Waals surface area contributed by atoms with Crippen LogP contribution in [-0.4, -0.2) is 28.9 Å². The van der Waals surface area contributed by atoms with Crippen LogP contribution in [0, 0.1) is 0 Å². The van der Waals surface area contributed by atoms with Gasteiger partial charge in [-0.15, -0.1) is 0 Å². The summed E-state index contributed by atoms with van der Waals surface area (Å²) in [6.45, 7) is 1.72. The fourth-order valence-corrected chi connectivity index (χ4v) is 1.77. The molecule has 1 aromatic rings. The summed E-state index contributed by atoms with van der Waals surface area (Å²) in [6.07, 6.45) is -0.0301. The zero-order valence-electron chi connectivity index (χ0n) is 9.72. The Labute approximate surface area is 113 Å². The van der Waals surface area contributed by atoms with Crippen LogP contribution < -0.4 is 0 Å². The normalized spacial score (nSPS) is 9.44. The van der Waals surface area contributed by atoms with Crippen molar-refractivity contribution in [2.24, 2.45) is 0 Å². The van der Waals surface area contributed by atoms with Crippen molar-refractivity contribution in [3.05, 3.63) is 39.8 Å². The quantitative estimate of drug-likeness (QED) is 0.273. The minimum atomic E-state index is -0.917. The first kappa shape index (κ1) is 14.3. The van der Waals surface area contributed by atoms with Crippen molar-refractivity contribution in [2.75, 3.05) is 6.61 Å². The molecule has 0 fully saturated rings. The fourth-order valence-electron chi connectivity index (χ4n) is 1.33. The van der Waals surface area contributed by atoms with Gasteiger partial charge < -0.3 is 10.3 Å². The maximum atomic E-state index is 11.8. The number of carbonyl (C=O) groups is 2. The molecule has 0 spiro atoms. The Morgan fingerprint density at radius 2 is 2.17 bits per heavy atom. The lowest BCUT2D eigenvalue weighted by atomic mass is 10.1. The molecule has 0 N–H and O–H groups in total. The first-order valence-corrected chi connectivity index (χ1v) is 6.04. The summed E-state index contributed by atoms with van der Waals surface area (Å²) in [5.41, 5.74) is 8.81. The zero-order chi connectivity index (χ0) is 13.5. The third-order valence-electron chi connectivity index (χ3n) is 2.09. The number of rotatable bonds is 5. The van der Waals surface area contributed by atoms with Gasteiger partial charge in [-0.05, 0) is 24.6 Å². The molecular formula is C12H11BrN2O3. The lowest BCUT2D eigenvalue weighted by molar-refractivity contribution is -0.141. The molecule has 0 bridgehead atoms. The van der Waals surface area contributed by atoms with Crippen LogP contribution in [0.25, 0.3) is 5.53 Å². The van der Waals surface area contributed by atoms with Crippen molar-refractivity contribution in [1.29, 1.82) is 0 Å². The molecule has 0 amide bonds. The van der Waals surface area contributed by atoms with Gasteiger partial charge in [0.15, 0.2) is 0 Å². The van der Waals surface area contributed by atoms with E-state index in [-0.39, 0.29) is 13.0 Å². The highest BCUT2D eigenvalue weighted by molar-refractivity contribution is 9.10. The summed E-state index contributed by atoms with van der Waals surface area (Å²) in [4.78, 5) is 25.8. The van der Waals surface area contributed by atoms with Crippen molar-refractivity contribution in [3.8, 4) is 0 Å². The van der Waals surface area contributed by atoms with E-state index in [0.29, 0.717) is 5.56 Å². The van der Waals surface area contributed by atoms with Gasteiger partial charge in [0.2, 0.25) is 0 Å². The number of hydrogen-bond acceptors (Lipinski definition) is 3. The van der Waals surface area contributed by atoms with Crippen LogP contribution >= 0.6 is 15.9 Å². The molecule has 0 radical (unpaired) electrons. The predicted molar refractivity (Wildman–Crippen MR) is 68.1 cm³/mol. The molecule has 1 rings (SSSR count). The minimum absolute atomic E-state index is 0.0301. The van der Waals surface area contributed by atoms with Gasteiger partial charge in [0.05, 0.1) is 6.61 Å². The van der Waals surface area contributed by atoms with Crippen molar-refractivity contribution >= 4 is 33.4 Å². The summed E-state index contributed by atoms with van der Waals surface area (Å²) in [6, 6.07) is 7.08. The lowest BCUT2D eigenvalue weighted by Gasteiger charge is -1.99. The van der Waals surface area contributed by atoms with Gasteiger partial charge >= 0.3 is 11.7 Å². The van der Waals surface area contributed by atoms with E-state index in [2.05, 4.69) is 25.5 Å². The standard InChI is InChI=1S/C12H11BrN2O3/c1-2-18-12(17)11(15-14)10(16)7-8-4-3-5-9(13)6-8/h3-6H,2,7H2,1H3. The number of nitrogens with zero attached hydrogens (tertiary/aromatic N) is 2. The van der Waals surface area contributed by atoms with Gasteiger partial charge in [-0.1, -0.05) is 28.1 Å². The molecule has 0 saturated carbocycles. The second-order valence-electron chi connectivity index (χ2n) is 3.40. The molecule has 6 heteroatoms. The van der Waals surface area contributed by atoms with E-state index in [9.17, 15) is 9.59 Å². The number of ketones is 1. The Kier molecular flexibility index (Phi) is 5.42. The summed E-state index contributed by atoms with van der Waals surface area (Å²) in [7, 11) is 0. The van der Waals surface area contributed by atoms with Crippen LogP contribution in [0.1, 0.15) is 12.5 Å². The fraction of sp³-hybridized carbons (Fsp3) is 0.250. The summed E-state index contributed by atoms with van der Waals surface area (Å²) < 4.78 is 5.44. The average Bonchev–Trinajstić information content (AvgIpc) is 2.30. The van der Waals surface area contributed by atoms with Crippen LogP contribution in [0.5, 0.6) is 0 Å². The van der Waals surface area contributed by atoms with E-state index in [1.165, 1.54) is 0 Å². The van der Waals surface area contributed by atoms with Crippen molar-refractivity contribution in [1.82, 2.24) is 0 Å². The van der Waals surface area contributed by atoms with Crippen LogP contribution in [0.3, 0.4) is 0 Å². The molecule has 0 aliphatic heterocycles. The molecule has 1 aromatic carbocycles.